The van der Waals surface area contributed by atoms with Gasteiger partial charge in [0.05, 0.1) is 18.5 Å². The van der Waals surface area contributed by atoms with Crippen LogP contribution < -0.4 is 0 Å². The lowest BCUT2D eigenvalue weighted by Gasteiger charge is -2.18. The van der Waals surface area contributed by atoms with Crippen molar-refractivity contribution in [2.75, 3.05) is 7.11 Å². The van der Waals surface area contributed by atoms with Crippen molar-refractivity contribution in [2.24, 2.45) is 0 Å². The third kappa shape index (κ3) is 3.01. The standard InChI is InChI=1S/C17H23N3O/c1-12(2)20-9-14-5-4-13(7-16(14)10-20)6-15-8-18-19-17(15)11-21-3/h4-5,7-8,12H,6,9-11H2,1-3H3,(H,18,19). The third-order valence-corrected chi connectivity index (χ3v) is 4.24. The zero-order valence-electron chi connectivity index (χ0n) is 13.0. The minimum absolute atomic E-state index is 0.585. The molecule has 112 valence electrons. The van der Waals surface area contributed by atoms with Crippen LogP contribution in [0, 0.1) is 0 Å². The third-order valence-electron chi connectivity index (χ3n) is 4.24. The van der Waals surface area contributed by atoms with Gasteiger partial charge in [-0.25, -0.2) is 0 Å². The number of benzene rings is 1. The first-order chi connectivity index (χ1) is 10.2. The van der Waals surface area contributed by atoms with Crippen LogP contribution in [0.5, 0.6) is 0 Å². The molecule has 0 amide bonds. The molecule has 4 nitrogen and oxygen atoms in total. The number of rotatable bonds is 5. The van der Waals surface area contributed by atoms with Crippen LogP contribution in [0.1, 0.15) is 41.8 Å². The highest BCUT2D eigenvalue weighted by atomic mass is 16.5. The van der Waals surface area contributed by atoms with Gasteiger partial charge >= 0.3 is 0 Å². The highest BCUT2D eigenvalue weighted by Gasteiger charge is 2.21. The van der Waals surface area contributed by atoms with Gasteiger partial charge < -0.3 is 4.74 Å². The van der Waals surface area contributed by atoms with E-state index in [0.717, 1.165) is 25.2 Å². The molecule has 1 aliphatic rings. The van der Waals surface area contributed by atoms with E-state index in [-0.39, 0.29) is 0 Å². The SMILES string of the molecule is COCc1[nH]ncc1Cc1ccc2c(c1)CN(C(C)C)C2. The van der Waals surface area contributed by atoms with Gasteiger partial charge in [-0.3, -0.25) is 10.00 Å². The van der Waals surface area contributed by atoms with Crippen LogP contribution in [0.15, 0.2) is 24.4 Å². The molecule has 0 spiro atoms. The van der Waals surface area contributed by atoms with Crippen LogP contribution in [-0.4, -0.2) is 28.2 Å². The minimum Gasteiger partial charge on any atom is -0.378 e. The molecule has 3 rings (SSSR count). The molecule has 21 heavy (non-hydrogen) atoms. The predicted molar refractivity (Wildman–Crippen MR) is 82.9 cm³/mol. The van der Waals surface area contributed by atoms with Crippen molar-refractivity contribution < 1.29 is 4.74 Å². The van der Waals surface area contributed by atoms with Gasteiger partial charge in [-0.05, 0) is 36.1 Å². The Morgan fingerprint density at radius 1 is 1.29 bits per heavy atom. The van der Waals surface area contributed by atoms with E-state index < -0.39 is 0 Å². The average Bonchev–Trinajstić information content (AvgIpc) is 3.06. The number of H-pyrrole nitrogens is 1. The fraction of sp³-hybridized carbons (Fsp3) is 0.471. The number of ether oxygens (including phenoxy) is 1. The molecular formula is C17H23N3O. The summed E-state index contributed by atoms with van der Waals surface area (Å²) in [6.07, 6.45) is 2.81. The molecule has 0 aliphatic carbocycles. The summed E-state index contributed by atoms with van der Waals surface area (Å²) < 4.78 is 5.20. The Balaban J connectivity index is 1.77. The second-order valence-corrected chi connectivity index (χ2v) is 6.09. The zero-order chi connectivity index (χ0) is 14.8. The van der Waals surface area contributed by atoms with Crippen molar-refractivity contribution in [2.45, 2.75) is 46.0 Å². The van der Waals surface area contributed by atoms with Crippen molar-refractivity contribution in [1.29, 1.82) is 0 Å². The van der Waals surface area contributed by atoms with E-state index >= 15 is 0 Å². The Bertz CT molecular complexity index is 618. The molecule has 1 aliphatic heterocycles. The van der Waals surface area contributed by atoms with Crippen molar-refractivity contribution >= 4 is 0 Å². The maximum atomic E-state index is 5.20. The Kier molecular flexibility index (Phi) is 4.08. The number of hydrogen-bond acceptors (Lipinski definition) is 3. The molecule has 0 fully saturated rings. The Hall–Kier alpha value is -1.65. The molecule has 0 bridgehead atoms. The number of nitrogens with zero attached hydrogens (tertiary/aromatic N) is 2. The van der Waals surface area contributed by atoms with E-state index in [2.05, 4.69) is 47.1 Å². The fourth-order valence-electron chi connectivity index (χ4n) is 2.93. The van der Waals surface area contributed by atoms with Crippen LogP contribution in [0.25, 0.3) is 0 Å². The lowest BCUT2D eigenvalue weighted by molar-refractivity contribution is 0.181. The van der Waals surface area contributed by atoms with Crippen molar-refractivity contribution in [3.05, 3.63) is 52.3 Å². The first kappa shape index (κ1) is 14.3. The van der Waals surface area contributed by atoms with E-state index in [1.54, 1.807) is 7.11 Å². The van der Waals surface area contributed by atoms with Gasteiger partial charge in [0.2, 0.25) is 0 Å². The van der Waals surface area contributed by atoms with Gasteiger partial charge in [0.15, 0.2) is 0 Å². The van der Waals surface area contributed by atoms with Gasteiger partial charge in [-0.1, -0.05) is 18.2 Å². The summed E-state index contributed by atoms with van der Waals surface area (Å²) in [4.78, 5) is 2.50. The number of fused-ring (bicyclic) bond motifs is 1. The summed E-state index contributed by atoms with van der Waals surface area (Å²) in [6, 6.07) is 7.47. The van der Waals surface area contributed by atoms with Gasteiger partial charge in [0.1, 0.15) is 0 Å². The monoisotopic (exact) mass is 285 g/mol. The zero-order valence-corrected chi connectivity index (χ0v) is 13.0. The number of aromatic amines is 1. The van der Waals surface area contributed by atoms with E-state index in [1.165, 1.54) is 22.3 Å². The summed E-state index contributed by atoms with van der Waals surface area (Å²) in [7, 11) is 1.71. The smallest absolute Gasteiger partial charge is 0.0881 e. The van der Waals surface area contributed by atoms with Gasteiger partial charge in [-0.2, -0.15) is 5.10 Å². The molecule has 0 unspecified atom stereocenters. The topological polar surface area (TPSA) is 41.1 Å². The summed E-state index contributed by atoms with van der Waals surface area (Å²) >= 11 is 0. The first-order valence-electron chi connectivity index (χ1n) is 7.52. The normalized spacial score (nSPS) is 14.9. The largest absolute Gasteiger partial charge is 0.378 e. The van der Waals surface area contributed by atoms with E-state index in [1.807, 2.05) is 6.20 Å². The number of methoxy groups -OCH3 is 1. The average molecular weight is 285 g/mol. The van der Waals surface area contributed by atoms with E-state index in [9.17, 15) is 0 Å². The summed E-state index contributed by atoms with van der Waals surface area (Å²) in [5, 5.41) is 7.15. The van der Waals surface area contributed by atoms with Crippen molar-refractivity contribution in [3.63, 3.8) is 0 Å². The number of hydrogen-bond donors (Lipinski definition) is 1. The van der Waals surface area contributed by atoms with Gasteiger partial charge in [0, 0.05) is 32.7 Å². The highest BCUT2D eigenvalue weighted by Crippen LogP contribution is 2.26. The molecule has 0 saturated carbocycles. The van der Waals surface area contributed by atoms with E-state index in [4.69, 9.17) is 4.74 Å². The summed E-state index contributed by atoms with van der Waals surface area (Å²) in [5.41, 5.74) is 6.57. The predicted octanol–water partition coefficient (Wildman–Crippen LogP) is 2.87. The second kappa shape index (κ2) is 6.00. The Morgan fingerprint density at radius 3 is 2.86 bits per heavy atom. The lowest BCUT2D eigenvalue weighted by Crippen LogP contribution is -2.24. The van der Waals surface area contributed by atoms with Gasteiger partial charge in [-0.15, -0.1) is 0 Å². The number of aromatic nitrogens is 2. The molecule has 1 aromatic carbocycles. The fourth-order valence-corrected chi connectivity index (χ4v) is 2.93. The quantitative estimate of drug-likeness (QED) is 0.918. The van der Waals surface area contributed by atoms with Crippen LogP contribution in [0.4, 0.5) is 0 Å². The van der Waals surface area contributed by atoms with Crippen molar-refractivity contribution in [1.82, 2.24) is 15.1 Å². The van der Waals surface area contributed by atoms with Crippen LogP contribution >= 0.6 is 0 Å². The first-order valence-corrected chi connectivity index (χ1v) is 7.52. The molecule has 0 saturated heterocycles. The lowest BCUT2D eigenvalue weighted by atomic mass is 10.0. The maximum Gasteiger partial charge on any atom is 0.0881 e. The summed E-state index contributed by atoms with van der Waals surface area (Å²) in [6.45, 7) is 7.25. The summed E-state index contributed by atoms with van der Waals surface area (Å²) in [5.74, 6) is 0. The molecule has 1 N–H and O–H groups in total. The van der Waals surface area contributed by atoms with Crippen LogP contribution in [-0.2, 0) is 30.9 Å². The molecular weight excluding hydrogens is 262 g/mol. The van der Waals surface area contributed by atoms with Crippen LogP contribution in [0.2, 0.25) is 0 Å². The molecule has 4 heteroatoms. The van der Waals surface area contributed by atoms with Crippen molar-refractivity contribution in [3.8, 4) is 0 Å². The number of nitrogens with one attached hydrogen (secondary N) is 1. The van der Waals surface area contributed by atoms with Crippen LogP contribution in [0.3, 0.4) is 0 Å². The Morgan fingerprint density at radius 2 is 2.10 bits per heavy atom. The molecule has 0 atom stereocenters. The minimum atomic E-state index is 0.585. The molecule has 0 radical (unpaired) electrons. The molecule has 2 heterocycles. The van der Waals surface area contributed by atoms with Gasteiger partial charge in [0.25, 0.3) is 0 Å². The second-order valence-electron chi connectivity index (χ2n) is 6.09. The maximum absolute atomic E-state index is 5.20. The molecule has 1 aromatic heterocycles. The Labute approximate surface area is 126 Å². The molecule has 2 aromatic rings. The highest BCUT2D eigenvalue weighted by molar-refractivity contribution is 5.37. The van der Waals surface area contributed by atoms with E-state index in [0.29, 0.717) is 12.6 Å².